The van der Waals surface area contributed by atoms with Crippen molar-refractivity contribution in [3.8, 4) is 11.5 Å². The predicted octanol–water partition coefficient (Wildman–Crippen LogP) is 4.15. The van der Waals surface area contributed by atoms with Crippen molar-refractivity contribution in [2.24, 2.45) is 0 Å². The number of benzene rings is 2. The summed E-state index contributed by atoms with van der Waals surface area (Å²) in [6.45, 7) is 2.87. The summed E-state index contributed by atoms with van der Waals surface area (Å²) < 4.78 is 5.51. The maximum atomic E-state index is 9.43. The Morgan fingerprint density at radius 1 is 1.25 bits per heavy atom. The number of phenols is 1. The second-order valence-corrected chi connectivity index (χ2v) is 5.41. The Kier molecular flexibility index (Phi) is 3.45. The van der Waals surface area contributed by atoms with E-state index < -0.39 is 0 Å². The summed E-state index contributed by atoms with van der Waals surface area (Å²) in [5.74, 6) is 1.09. The van der Waals surface area contributed by atoms with E-state index in [0.717, 1.165) is 24.5 Å². The lowest BCUT2D eigenvalue weighted by Crippen LogP contribution is -2.06. The molecule has 2 N–H and O–H groups in total. The van der Waals surface area contributed by atoms with Crippen LogP contribution >= 0.6 is 11.6 Å². The topological polar surface area (TPSA) is 41.5 Å². The molecule has 4 heteroatoms. The molecule has 3 rings (SSSR count). The zero-order chi connectivity index (χ0) is 14.1. The Labute approximate surface area is 123 Å². The summed E-state index contributed by atoms with van der Waals surface area (Å²) in [6.07, 6.45) is 0.973. The molecule has 0 saturated heterocycles. The zero-order valence-electron chi connectivity index (χ0n) is 11.2. The van der Waals surface area contributed by atoms with Gasteiger partial charge in [-0.2, -0.15) is 0 Å². The van der Waals surface area contributed by atoms with Gasteiger partial charge in [-0.15, -0.1) is 0 Å². The molecule has 0 fully saturated rings. The van der Waals surface area contributed by atoms with Crippen LogP contribution in [0.1, 0.15) is 24.1 Å². The summed E-state index contributed by atoms with van der Waals surface area (Å²) in [5, 5.41) is 13.2. The third kappa shape index (κ3) is 2.54. The first-order valence-corrected chi connectivity index (χ1v) is 7.02. The minimum Gasteiger partial charge on any atom is -0.506 e. The van der Waals surface area contributed by atoms with Crippen molar-refractivity contribution in [3.63, 3.8) is 0 Å². The molecule has 1 aliphatic heterocycles. The number of anilines is 1. The molecule has 1 unspecified atom stereocenters. The van der Waals surface area contributed by atoms with Gasteiger partial charge in [0.1, 0.15) is 11.5 Å². The maximum Gasteiger partial charge on any atom is 0.134 e. The van der Waals surface area contributed by atoms with Crippen molar-refractivity contribution in [1.82, 2.24) is 0 Å². The predicted molar refractivity (Wildman–Crippen MR) is 80.8 cm³/mol. The Balaban J connectivity index is 1.78. The number of halogens is 1. The van der Waals surface area contributed by atoms with E-state index in [1.807, 2.05) is 12.1 Å². The van der Waals surface area contributed by atoms with Crippen molar-refractivity contribution in [1.29, 1.82) is 0 Å². The van der Waals surface area contributed by atoms with Crippen LogP contribution in [-0.2, 0) is 6.42 Å². The highest BCUT2D eigenvalue weighted by molar-refractivity contribution is 6.32. The fraction of sp³-hybridized carbons (Fsp3) is 0.250. The normalized spacial score (nSPS) is 14.5. The second kappa shape index (κ2) is 5.25. The van der Waals surface area contributed by atoms with Crippen LogP contribution in [0.3, 0.4) is 0 Å². The summed E-state index contributed by atoms with van der Waals surface area (Å²) >= 11 is 5.91. The van der Waals surface area contributed by atoms with E-state index in [4.69, 9.17) is 16.3 Å². The van der Waals surface area contributed by atoms with Crippen molar-refractivity contribution in [2.45, 2.75) is 19.4 Å². The second-order valence-electron chi connectivity index (χ2n) is 5.00. The molecule has 3 nitrogen and oxygen atoms in total. The van der Waals surface area contributed by atoms with Crippen molar-refractivity contribution in [2.75, 3.05) is 11.9 Å². The minimum absolute atomic E-state index is 0.0968. The Bertz CT molecular complexity index is 642. The third-order valence-electron chi connectivity index (χ3n) is 3.54. The van der Waals surface area contributed by atoms with Gasteiger partial charge in [0.2, 0.25) is 0 Å². The average molecular weight is 290 g/mol. The van der Waals surface area contributed by atoms with Crippen LogP contribution in [0.4, 0.5) is 5.69 Å². The lowest BCUT2D eigenvalue weighted by Gasteiger charge is -2.17. The first kappa shape index (κ1) is 13.1. The Morgan fingerprint density at radius 3 is 2.90 bits per heavy atom. The standard InChI is InChI=1S/C16H16ClNO2/c1-10(18-13-3-4-15(19)14(17)9-13)11-2-5-16-12(8-11)6-7-20-16/h2-5,8-10,18-19H,6-7H2,1H3. The highest BCUT2D eigenvalue weighted by Gasteiger charge is 2.14. The van der Waals surface area contributed by atoms with Gasteiger partial charge in [-0.3, -0.25) is 0 Å². The van der Waals surface area contributed by atoms with E-state index >= 15 is 0 Å². The molecule has 0 bridgehead atoms. The molecule has 2 aromatic rings. The lowest BCUT2D eigenvalue weighted by molar-refractivity contribution is 0.357. The number of phenolic OH excluding ortho intramolecular Hbond substituents is 1. The van der Waals surface area contributed by atoms with E-state index in [2.05, 4.69) is 24.4 Å². The molecule has 0 spiro atoms. The van der Waals surface area contributed by atoms with E-state index in [1.165, 1.54) is 11.1 Å². The molecule has 1 atom stereocenters. The van der Waals surface area contributed by atoms with Gasteiger partial charge in [0.25, 0.3) is 0 Å². The van der Waals surface area contributed by atoms with Crippen molar-refractivity contribution in [3.05, 3.63) is 52.5 Å². The number of hydrogen-bond donors (Lipinski definition) is 2. The fourth-order valence-corrected chi connectivity index (χ4v) is 2.59. The third-order valence-corrected chi connectivity index (χ3v) is 3.85. The number of aromatic hydroxyl groups is 1. The summed E-state index contributed by atoms with van der Waals surface area (Å²) in [7, 11) is 0. The van der Waals surface area contributed by atoms with Crippen LogP contribution in [-0.4, -0.2) is 11.7 Å². The number of ether oxygens (including phenoxy) is 1. The molecule has 0 radical (unpaired) electrons. The number of fused-ring (bicyclic) bond motifs is 1. The number of hydrogen-bond acceptors (Lipinski definition) is 3. The van der Waals surface area contributed by atoms with Crippen LogP contribution in [0.5, 0.6) is 11.5 Å². The fourth-order valence-electron chi connectivity index (χ4n) is 2.41. The molecule has 104 valence electrons. The van der Waals surface area contributed by atoms with Gasteiger partial charge in [-0.25, -0.2) is 0 Å². The largest absolute Gasteiger partial charge is 0.506 e. The minimum atomic E-state index is 0.0968. The van der Waals surface area contributed by atoms with E-state index in [1.54, 1.807) is 12.1 Å². The van der Waals surface area contributed by atoms with E-state index in [0.29, 0.717) is 5.02 Å². The Hall–Kier alpha value is -1.87. The average Bonchev–Trinajstić information content (AvgIpc) is 2.90. The molecular weight excluding hydrogens is 274 g/mol. The molecule has 0 saturated carbocycles. The van der Waals surface area contributed by atoms with Crippen LogP contribution in [0, 0.1) is 0 Å². The number of nitrogens with one attached hydrogen (secondary N) is 1. The van der Waals surface area contributed by atoms with E-state index in [9.17, 15) is 5.11 Å². The SMILES string of the molecule is CC(Nc1ccc(O)c(Cl)c1)c1ccc2c(c1)CCO2. The summed E-state index contributed by atoms with van der Waals surface area (Å²) in [4.78, 5) is 0. The molecule has 0 amide bonds. The molecule has 0 aliphatic carbocycles. The Morgan fingerprint density at radius 2 is 2.10 bits per heavy atom. The first-order chi connectivity index (χ1) is 9.63. The molecule has 1 aliphatic rings. The van der Waals surface area contributed by atoms with Gasteiger partial charge >= 0.3 is 0 Å². The van der Waals surface area contributed by atoms with Crippen LogP contribution in [0.15, 0.2) is 36.4 Å². The smallest absolute Gasteiger partial charge is 0.134 e. The molecule has 2 aromatic carbocycles. The van der Waals surface area contributed by atoms with Gasteiger partial charge in [0.15, 0.2) is 0 Å². The molecule has 20 heavy (non-hydrogen) atoms. The van der Waals surface area contributed by atoms with Crippen molar-refractivity contribution >= 4 is 17.3 Å². The van der Waals surface area contributed by atoms with Gasteiger partial charge < -0.3 is 15.2 Å². The zero-order valence-corrected chi connectivity index (χ0v) is 11.9. The molecule has 0 aromatic heterocycles. The van der Waals surface area contributed by atoms with Gasteiger partial charge in [0.05, 0.1) is 11.6 Å². The summed E-state index contributed by atoms with van der Waals surface area (Å²) in [6, 6.07) is 11.6. The van der Waals surface area contributed by atoms with Gasteiger partial charge in [-0.05, 0) is 48.4 Å². The molecular formula is C16H16ClNO2. The van der Waals surface area contributed by atoms with Gasteiger partial charge in [0, 0.05) is 18.2 Å². The molecule has 1 heterocycles. The van der Waals surface area contributed by atoms with Crippen molar-refractivity contribution < 1.29 is 9.84 Å². The van der Waals surface area contributed by atoms with Crippen LogP contribution in [0.25, 0.3) is 0 Å². The van der Waals surface area contributed by atoms with Gasteiger partial charge in [-0.1, -0.05) is 17.7 Å². The van der Waals surface area contributed by atoms with E-state index in [-0.39, 0.29) is 11.8 Å². The highest BCUT2D eigenvalue weighted by atomic mass is 35.5. The number of rotatable bonds is 3. The maximum absolute atomic E-state index is 9.43. The summed E-state index contributed by atoms with van der Waals surface area (Å²) in [5.41, 5.74) is 3.36. The van der Waals surface area contributed by atoms with Crippen LogP contribution in [0.2, 0.25) is 5.02 Å². The quantitative estimate of drug-likeness (QED) is 0.834. The lowest BCUT2D eigenvalue weighted by atomic mass is 10.0. The first-order valence-electron chi connectivity index (χ1n) is 6.64. The van der Waals surface area contributed by atoms with Crippen LogP contribution < -0.4 is 10.1 Å². The highest BCUT2D eigenvalue weighted by Crippen LogP contribution is 2.31. The monoisotopic (exact) mass is 289 g/mol.